The summed E-state index contributed by atoms with van der Waals surface area (Å²) in [6.45, 7) is 0.373. The summed E-state index contributed by atoms with van der Waals surface area (Å²) in [7, 11) is -3.67. The molecule has 1 amide bonds. The molecule has 2 heterocycles. The second-order valence-electron chi connectivity index (χ2n) is 5.24. The van der Waals surface area contributed by atoms with Crippen molar-refractivity contribution in [3.05, 3.63) is 14.9 Å². The standard InChI is InChI=1S/C12H14BrClN2O3S2/c13-11-8(14)6-10(20-11)21(18,19)16-5-1-2-9(16)12(17)15-7-3-4-7/h6-7,9H,1-5H2,(H,15,17). The van der Waals surface area contributed by atoms with Crippen LogP contribution >= 0.6 is 38.9 Å². The molecule has 2 fully saturated rings. The third-order valence-corrected chi connectivity index (χ3v) is 8.45. The van der Waals surface area contributed by atoms with Gasteiger partial charge in [0.05, 0.1) is 8.81 Å². The van der Waals surface area contributed by atoms with Gasteiger partial charge in [0.15, 0.2) is 0 Å². The molecule has 0 spiro atoms. The van der Waals surface area contributed by atoms with E-state index in [-0.39, 0.29) is 16.2 Å². The van der Waals surface area contributed by atoms with Crippen LogP contribution in [0.3, 0.4) is 0 Å². The molecular formula is C12H14BrClN2O3S2. The first kappa shape index (κ1) is 15.7. The van der Waals surface area contributed by atoms with Gasteiger partial charge in [-0.05, 0) is 47.7 Å². The van der Waals surface area contributed by atoms with Gasteiger partial charge in [0.2, 0.25) is 5.91 Å². The Kier molecular flexibility index (Phi) is 4.35. The lowest BCUT2D eigenvalue weighted by atomic mass is 10.2. The van der Waals surface area contributed by atoms with Crippen LogP contribution in [0.5, 0.6) is 0 Å². The average Bonchev–Trinajstić information content (AvgIpc) is 2.97. The highest BCUT2D eigenvalue weighted by Crippen LogP contribution is 2.37. The van der Waals surface area contributed by atoms with Crippen LogP contribution in [0, 0.1) is 0 Å². The Morgan fingerprint density at radius 3 is 2.71 bits per heavy atom. The molecule has 1 aliphatic heterocycles. The zero-order chi connectivity index (χ0) is 15.2. The van der Waals surface area contributed by atoms with Crippen LogP contribution in [0.25, 0.3) is 0 Å². The number of rotatable bonds is 4. The van der Waals surface area contributed by atoms with Crippen LogP contribution < -0.4 is 5.32 Å². The molecule has 21 heavy (non-hydrogen) atoms. The normalized spacial score (nSPS) is 23.4. The fourth-order valence-corrected chi connectivity index (χ4v) is 6.57. The van der Waals surface area contributed by atoms with Crippen molar-refractivity contribution in [2.45, 2.75) is 42.0 Å². The maximum absolute atomic E-state index is 12.7. The average molecular weight is 414 g/mol. The van der Waals surface area contributed by atoms with Gasteiger partial charge in [-0.1, -0.05) is 11.6 Å². The van der Waals surface area contributed by atoms with Crippen LogP contribution in [-0.4, -0.2) is 37.3 Å². The number of sulfonamides is 1. The van der Waals surface area contributed by atoms with Crippen molar-refractivity contribution < 1.29 is 13.2 Å². The van der Waals surface area contributed by atoms with Gasteiger partial charge in [-0.25, -0.2) is 8.42 Å². The number of carbonyl (C=O) groups excluding carboxylic acids is 1. The number of amides is 1. The molecule has 9 heteroatoms. The minimum absolute atomic E-state index is 0.172. The highest BCUT2D eigenvalue weighted by Gasteiger charge is 2.41. The van der Waals surface area contributed by atoms with Crippen molar-refractivity contribution in [1.29, 1.82) is 0 Å². The molecular weight excluding hydrogens is 400 g/mol. The molecule has 1 unspecified atom stereocenters. The SMILES string of the molecule is O=C(NC1CC1)C1CCCN1S(=O)(=O)c1cc(Cl)c(Br)s1. The summed E-state index contributed by atoms with van der Waals surface area (Å²) in [5, 5.41) is 3.26. The largest absolute Gasteiger partial charge is 0.352 e. The van der Waals surface area contributed by atoms with Gasteiger partial charge in [-0.3, -0.25) is 4.79 Å². The summed E-state index contributed by atoms with van der Waals surface area (Å²) in [5.74, 6) is -0.180. The van der Waals surface area contributed by atoms with Gasteiger partial charge >= 0.3 is 0 Å². The molecule has 1 atom stereocenters. The number of nitrogens with one attached hydrogen (secondary N) is 1. The van der Waals surface area contributed by atoms with Crippen LogP contribution in [-0.2, 0) is 14.8 Å². The smallest absolute Gasteiger partial charge is 0.253 e. The van der Waals surface area contributed by atoms with E-state index in [9.17, 15) is 13.2 Å². The Balaban J connectivity index is 1.84. The van der Waals surface area contributed by atoms with Crippen LogP contribution in [0.1, 0.15) is 25.7 Å². The van der Waals surface area contributed by atoms with Gasteiger partial charge in [0.25, 0.3) is 10.0 Å². The van der Waals surface area contributed by atoms with E-state index in [1.807, 2.05) is 0 Å². The zero-order valence-electron chi connectivity index (χ0n) is 11.0. The molecule has 1 saturated carbocycles. The van der Waals surface area contributed by atoms with E-state index < -0.39 is 16.1 Å². The van der Waals surface area contributed by atoms with Gasteiger partial charge in [-0.15, -0.1) is 11.3 Å². The second-order valence-corrected chi connectivity index (χ2v) is 10.1. The predicted octanol–water partition coefficient (Wildman–Crippen LogP) is 2.60. The fourth-order valence-electron chi connectivity index (χ4n) is 2.38. The van der Waals surface area contributed by atoms with Crippen molar-refractivity contribution >= 4 is 54.8 Å². The Bertz CT molecular complexity index is 653. The number of carbonyl (C=O) groups is 1. The van der Waals surface area contributed by atoms with E-state index in [1.54, 1.807) is 0 Å². The van der Waals surface area contributed by atoms with E-state index in [2.05, 4.69) is 21.2 Å². The number of halogens is 2. The Morgan fingerprint density at radius 1 is 1.43 bits per heavy atom. The molecule has 0 bridgehead atoms. The molecule has 3 rings (SSSR count). The van der Waals surface area contributed by atoms with Gasteiger partial charge in [0, 0.05) is 12.6 Å². The van der Waals surface area contributed by atoms with Crippen LogP contribution in [0.15, 0.2) is 14.1 Å². The quantitative estimate of drug-likeness (QED) is 0.825. The van der Waals surface area contributed by atoms with E-state index in [0.717, 1.165) is 24.2 Å². The molecule has 5 nitrogen and oxygen atoms in total. The van der Waals surface area contributed by atoms with Crippen LogP contribution in [0.4, 0.5) is 0 Å². The lowest BCUT2D eigenvalue weighted by Crippen LogP contribution is -2.46. The minimum atomic E-state index is -3.67. The maximum Gasteiger partial charge on any atom is 0.253 e. The van der Waals surface area contributed by atoms with Gasteiger partial charge < -0.3 is 5.32 Å². The minimum Gasteiger partial charge on any atom is -0.352 e. The number of hydrogen-bond acceptors (Lipinski definition) is 4. The third kappa shape index (κ3) is 3.14. The van der Waals surface area contributed by atoms with Gasteiger partial charge in [-0.2, -0.15) is 4.31 Å². The summed E-state index contributed by atoms with van der Waals surface area (Å²) < 4.78 is 27.4. The molecule has 1 aromatic rings. The van der Waals surface area contributed by atoms with E-state index in [4.69, 9.17) is 11.6 Å². The predicted molar refractivity (Wildman–Crippen MR) is 85.1 cm³/mol. The summed E-state index contributed by atoms with van der Waals surface area (Å²) in [6.07, 6.45) is 3.23. The Hall–Kier alpha value is -0.150. The third-order valence-electron chi connectivity index (χ3n) is 3.62. The molecule has 1 aliphatic carbocycles. The Morgan fingerprint density at radius 2 is 2.14 bits per heavy atom. The number of thiophene rings is 1. The van der Waals surface area contributed by atoms with Gasteiger partial charge in [0.1, 0.15) is 10.3 Å². The molecule has 1 saturated heterocycles. The summed E-state index contributed by atoms with van der Waals surface area (Å²) in [6, 6.07) is 1.06. The van der Waals surface area contributed by atoms with Crippen molar-refractivity contribution in [2.24, 2.45) is 0 Å². The number of nitrogens with zero attached hydrogens (tertiary/aromatic N) is 1. The molecule has 1 N–H and O–H groups in total. The molecule has 0 radical (unpaired) electrons. The highest BCUT2D eigenvalue weighted by atomic mass is 79.9. The van der Waals surface area contributed by atoms with Crippen molar-refractivity contribution in [1.82, 2.24) is 9.62 Å². The second kappa shape index (κ2) is 5.81. The lowest BCUT2D eigenvalue weighted by Gasteiger charge is -2.22. The summed E-state index contributed by atoms with van der Waals surface area (Å²) in [4.78, 5) is 12.2. The van der Waals surface area contributed by atoms with Crippen molar-refractivity contribution in [2.75, 3.05) is 6.54 Å². The fraction of sp³-hybridized carbons (Fsp3) is 0.583. The topological polar surface area (TPSA) is 66.5 Å². The lowest BCUT2D eigenvalue weighted by molar-refractivity contribution is -0.124. The van der Waals surface area contributed by atoms with Crippen molar-refractivity contribution in [3.63, 3.8) is 0 Å². The Labute approximate surface area is 140 Å². The molecule has 116 valence electrons. The van der Waals surface area contributed by atoms with Crippen LogP contribution in [0.2, 0.25) is 5.02 Å². The molecule has 2 aliphatic rings. The molecule has 1 aromatic heterocycles. The first-order valence-corrected chi connectivity index (χ1v) is 10.1. The number of hydrogen-bond donors (Lipinski definition) is 1. The molecule has 0 aromatic carbocycles. The summed E-state index contributed by atoms with van der Waals surface area (Å²) >= 11 is 10.2. The first-order valence-electron chi connectivity index (χ1n) is 6.66. The first-order chi connectivity index (χ1) is 9.89. The van der Waals surface area contributed by atoms with E-state index in [0.29, 0.717) is 28.2 Å². The van der Waals surface area contributed by atoms with E-state index in [1.165, 1.54) is 10.4 Å². The monoisotopic (exact) mass is 412 g/mol. The highest BCUT2D eigenvalue weighted by molar-refractivity contribution is 9.11. The summed E-state index contributed by atoms with van der Waals surface area (Å²) in [5.41, 5.74) is 0. The van der Waals surface area contributed by atoms with Crippen molar-refractivity contribution in [3.8, 4) is 0 Å². The maximum atomic E-state index is 12.7. The van der Waals surface area contributed by atoms with E-state index >= 15 is 0 Å². The zero-order valence-corrected chi connectivity index (χ0v) is 15.0.